The fourth-order valence-electron chi connectivity index (χ4n) is 0.832. The highest BCUT2D eigenvalue weighted by Crippen LogP contribution is 2.27. The van der Waals surface area contributed by atoms with Gasteiger partial charge in [0.2, 0.25) is 0 Å². The molecule has 3 N–H and O–H groups in total. The lowest BCUT2D eigenvalue weighted by atomic mass is 10.3. The van der Waals surface area contributed by atoms with E-state index in [9.17, 15) is 4.79 Å². The number of nitrogens with two attached hydrogens (primary N) is 1. The second-order valence-corrected chi connectivity index (χ2v) is 5.24. The maximum atomic E-state index is 10.8. The molecule has 0 aliphatic rings. The molecule has 0 aromatic carbocycles. The summed E-state index contributed by atoms with van der Waals surface area (Å²) in [5, 5.41) is 16.8. The van der Waals surface area contributed by atoms with Crippen LogP contribution in [0, 0.1) is 6.92 Å². The average molecular weight is 233 g/mol. The lowest BCUT2D eigenvalue weighted by Crippen LogP contribution is -2.20. The zero-order valence-corrected chi connectivity index (χ0v) is 9.27. The Hall–Kier alpha value is -0.660. The first kappa shape index (κ1) is 11.4. The first-order valence-corrected chi connectivity index (χ1v) is 5.72. The summed E-state index contributed by atoms with van der Waals surface area (Å²) in [6, 6.07) is 0. The van der Waals surface area contributed by atoms with Gasteiger partial charge in [-0.15, -0.1) is 10.2 Å². The third-order valence-electron chi connectivity index (χ3n) is 1.45. The minimum atomic E-state index is -0.853. The summed E-state index contributed by atoms with van der Waals surface area (Å²) in [4.78, 5) is 10.8. The number of aliphatic carboxylic acids is 1. The minimum absolute atomic E-state index is 0.363. The van der Waals surface area contributed by atoms with Gasteiger partial charge in [0.1, 0.15) is 10.3 Å². The van der Waals surface area contributed by atoms with Crippen LogP contribution in [0.5, 0.6) is 0 Å². The van der Waals surface area contributed by atoms with Crippen molar-refractivity contribution in [2.45, 2.75) is 22.9 Å². The molecule has 0 aliphatic carbocycles. The van der Waals surface area contributed by atoms with Gasteiger partial charge in [0.05, 0.1) is 0 Å². The Labute approximate surface area is 89.7 Å². The van der Waals surface area contributed by atoms with Crippen LogP contribution in [0.2, 0.25) is 0 Å². The number of hydrogen-bond acceptors (Lipinski definition) is 6. The molecule has 0 saturated carbocycles. The molecule has 0 amide bonds. The van der Waals surface area contributed by atoms with Crippen LogP contribution < -0.4 is 5.73 Å². The average Bonchev–Trinajstić information content (AvgIpc) is 2.50. The lowest BCUT2D eigenvalue weighted by Gasteiger charge is -2.06. The molecule has 1 heterocycles. The van der Waals surface area contributed by atoms with Crippen LogP contribution in [0.15, 0.2) is 4.34 Å². The molecule has 5 nitrogen and oxygen atoms in total. The van der Waals surface area contributed by atoms with Crippen LogP contribution in [0.1, 0.15) is 11.4 Å². The highest BCUT2D eigenvalue weighted by molar-refractivity contribution is 8.02. The monoisotopic (exact) mass is 233 g/mol. The first-order chi connectivity index (χ1) is 6.63. The molecule has 0 bridgehead atoms. The molecule has 1 aromatic rings. The molecule has 0 spiro atoms. The number of rotatable bonds is 5. The molecule has 14 heavy (non-hydrogen) atoms. The van der Waals surface area contributed by atoms with Crippen LogP contribution in [0.25, 0.3) is 0 Å². The molecule has 0 fully saturated rings. The summed E-state index contributed by atoms with van der Waals surface area (Å²) in [6.07, 6.45) is 0.443. The second-order valence-electron chi connectivity index (χ2n) is 2.61. The van der Waals surface area contributed by atoms with Gasteiger partial charge in [-0.1, -0.05) is 23.1 Å². The third kappa shape index (κ3) is 3.24. The number of thioether (sulfide) groups is 1. The van der Waals surface area contributed by atoms with Crippen molar-refractivity contribution in [2.24, 2.45) is 5.73 Å². The SMILES string of the molecule is Cc1nnc(SC(CCN)C(=O)O)s1. The predicted molar refractivity (Wildman–Crippen MR) is 55.6 cm³/mol. The standard InChI is InChI=1S/C7H11N3O2S2/c1-4-9-10-7(13-4)14-5(2-3-8)6(11)12/h5H,2-3,8H2,1H3,(H,11,12). The normalized spacial score (nSPS) is 12.7. The van der Waals surface area contributed by atoms with Crippen molar-refractivity contribution in [1.82, 2.24) is 10.2 Å². The van der Waals surface area contributed by atoms with Gasteiger partial charge in [0, 0.05) is 0 Å². The molecule has 1 unspecified atom stereocenters. The van der Waals surface area contributed by atoms with E-state index in [1.165, 1.54) is 23.1 Å². The molecule has 0 aliphatic heterocycles. The summed E-state index contributed by atoms with van der Waals surface area (Å²) in [7, 11) is 0. The number of aryl methyl sites for hydroxylation is 1. The van der Waals surface area contributed by atoms with Gasteiger partial charge >= 0.3 is 5.97 Å². The maximum Gasteiger partial charge on any atom is 0.317 e. The molecule has 0 radical (unpaired) electrons. The Bertz CT molecular complexity index is 316. The van der Waals surface area contributed by atoms with Crippen LogP contribution in [-0.4, -0.2) is 33.1 Å². The summed E-state index contributed by atoms with van der Waals surface area (Å²) >= 11 is 2.60. The van der Waals surface area contributed by atoms with Crippen LogP contribution >= 0.6 is 23.1 Å². The fourth-order valence-corrected chi connectivity index (χ4v) is 2.84. The number of carbonyl (C=O) groups is 1. The number of aromatic nitrogens is 2. The largest absolute Gasteiger partial charge is 0.480 e. The van der Waals surface area contributed by atoms with E-state index in [2.05, 4.69) is 10.2 Å². The van der Waals surface area contributed by atoms with Crippen LogP contribution in [0.3, 0.4) is 0 Å². The number of carboxylic acids is 1. The van der Waals surface area contributed by atoms with Gasteiger partial charge in [-0.3, -0.25) is 4.79 Å². The number of carboxylic acid groups (broad SMARTS) is 1. The van der Waals surface area contributed by atoms with E-state index < -0.39 is 11.2 Å². The fraction of sp³-hybridized carbons (Fsp3) is 0.571. The van der Waals surface area contributed by atoms with E-state index in [1.54, 1.807) is 0 Å². The van der Waals surface area contributed by atoms with E-state index in [0.717, 1.165) is 5.01 Å². The van der Waals surface area contributed by atoms with E-state index in [0.29, 0.717) is 17.3 Å². The summed E-state index contributed by atoms with van der Waals surface area (Å²) < 4.78 is 0.684. The van der Waals surface area contributed by atoms with Crippen LogP contribution in [-0.2, 0) is 4.79 Å². The Morgan fingerprint density at radius 2 is 2.43 bits per heavy atom. The molecular weight excluding hydrogens is 222 g/mol. The van der Waals surface area contributed by atoms with Gasteiger partial charge in [-0.2, -0.15) is 0 Å². The Balaban J connectivity index is 2.59. The Kier molecular flexibility index (Phi) is 4.30. The van der Waals surface area contributed by atoms with Crippen molar-refractivity contribution in [3.63, 3.8) is 0 Å². The highest BCUT2D eigenvalue weighted by Gasteiger charge is 2.19. The topological polar surface area (TPSA) is 89.1 Å². The zero-order chi connectivity index (χ0) is 10.6. The Morgan fingerprint density at radius 1 is 1.71 bits per heavy atom. The molecule has 78 valence electrons. The van der Waals surface area contributed by atoms with E-state index in [1.807, 2.05) is 6.92 Å². The predicted octanol–water partition coefficient (Wildman–Crippen LogP) is 0.741. The van der Waals surface area contributed by atoms with E-state index in [-0.39, 0.29) is 0 Å². The van der Waals surface area contributed by atoms with Crippen molar-refractivity contribution in [2.75, 3.05) is 6.54 Å². The number of nitrogens with zero attached hydrogens (tertiary/aromatic N) is 2. The Morgan fingerprint density at radius 3 is 2.86 bits per heavy atom. The van der Waals surface area contributed by atoms with Gasteiger partial charge in [-0.25, -0.2) is 0 Å². The molecule has 7 heteroatoms. The van der Waals surface area contributed by atoms with Crippen molar-refractivity contribution in [1.29, 1.82) is 0 Å². The molecule has 0 saturated heterocycles. The van der Waals surface area contributed by atoms with Gasteiger partial charge in [-0.05, 0) is 19.9 Å². The van der Waals surface area contributed by atoms with Gasteiger partial charge in [0.25, 0.3) is 0 Å². The first-order valence-electron chi connectivity index (χ1n) is 4.03. The summed E-state index contributed by atoms with van der Waals surface area (Å²) in [5.41, 5.74) is 5.32. The number of hydrogen-bond donors (Lipinski definition) is 2. The highest BCUT2D eigenvalue weighted by atomic mass is 32.2. The zero-order valence-electron chi connectivity index (χ0n) is 7.64. The smallest absolute Gasteiger partial charge is 0.317 e. The summed E-state index contributed by atoms with van der Waals surface area (Å²) in [5.74, 6) is -0.853. The van der Waals surface area contributed by atoms with Gasteiger partial charge < -0.3 is 10.8 Å². The maximum absolute atomic E-state index is 10.8. The van der Waals surface area contributed by atoms with E-state index >= 15 is 0 Å². The van der Waals surface area contributed by atoms with Crippen molar-refractivity contribution in [3.8, 4) is 0 Å². The molecule has 1 atom stereocenters. The van der Waals surface area contributed by atoms with Crippen molar-refractivity contribution >= 4 is 29.1 Å². The molecular formula is C7H11N3O2S2. The minimum Gasteiger partial charge on any atom is -0.480 e. The van der Waals surface area contributed by atoms with Crippen molar-refractivity contribution < 1.29 is 9.90 Å². The molecule has 1 aromatic heterocycles. The summed E-state index contributed by atoms with van der Waals surface area (Å²) in [6.45, 7) is 2.20. The molecule has 1 rings (SSSR count). The third-order valence-corrected chi connectivity index (χ3v) is 3.63. The van der Waals surface area contributed by atoms with E-state index in [4.69, 9.17) is 10.8 Å². The second kappa shape index (κ2) is 5.28. The van der Waals surface area contributed by atoms with Crippen molar-refractivity contribution in [3.05, 3.63) is 5.01 Å². The van der Waals surface area contributed by atoms with Crippen LogP contribution in [0.4, 0.5) is 0 Å². The van der Waals surface area contributed by atoms with Gasteiger partial charge in [0.15, 0.2) is 4.34 Å². The quantitative estimate of drug-likeness (QED) is 0.729. The lowest BCUT2D eigenvalue weighted by molar-refractivity contribution is -0.136.